The number of rotatable bonds is 5. The van der Waals surface area contributed by atoms with Crippen LogP contribution < -0.4 is 10.1 Å². The Labute approximate surface area is 134 Å². The highest BCUT2D eigenvalue weighted by Crippen LogP contribution is 2.34. The smallest absolute Gasteiger partial charge is 0.119 e. The highest BCUT2D eigenvalue weighted by atomic mass is 79.9. The first-order valence-electron chi connectivity index (χ1n) is 7.35. The largest absolute Gasteiger partial charge is 0.494 e. The molecule has 0 aliphatic carbocycles. The number of hydrogen-bond acceptors (Lipinski definition) is 2. The van der Waals surface area contributed by atoms with Crippen LogP contribution in [0.3, 0.4) is 0 Å². The van der Waals surface area contributed by atoms with Crippen LogP contribution in [0.25, 0.3) is 0 Å². The number of hydrogen-bond donors (Lipinski definition) is 1. The van der Waals surface area contributed by atoms with E-state index in [1.54, 1.807) is 0 Å². The van der Waals surface area contributed by atoms with Gasteiger partial charge in [-0.1, -0.05) is 40.2 Å². The van der Waals surface area contributed by atoms with Crippen LogP contribution in [0.15, 0.2) is 53.0 Å². The quantitative estimate of drug-likeness (QED) is 0.881. The molecule has 0 saturated carbocycles. The Kier molecular flexibility index (Phi) is 4.32. The normalized spacial score (nSPS) is 16.3. The van der Waals surface area contributed by atoms with E-state index in [9.17, 15) is 0 Å². The van der Waals surface area contributed by atoms with E-state index < -0.39 is 0 Å². The summed E-state index contributed by atoms with van der Waals surface area (Å²) in [5, 5.41) is 3.42. The zero-order chi connectivity index (χ0) is 14.7. The fraction of sp³-hybridized carbons (Fsp3) is 0.333. The van der Waals surface area contributed by atoms with Gasteiger partial charge in [0.05, 0.1) is 6.61 Å². The Hall–Kier alpha value is -1.32. The maximum Gasteiger partial charge on any atom is 0.119 e. The lowest BCUT2D eigenvalue weighted by molar-refractivity contribution is 0.198. The van der Waals surface area contributed by atoms with E-state index in [1.807, 2.05) is 24.3 Å². The molecule has 21 heavy (non-hydrogen) atoms. The maximum atomic E-state index is 5.91. The summed E-state index contributed by atoms with van der Waals surface area (Å²) in [5.74, 6) is 0.936. The van der Waals surface area contributed by atoms with E-state index in [2.05, 4.69) is 52.4 Å². The average Bonchev–Trinajstić information content (AvgIpc) is 2.45. The van der Waals surface area contributed by atoms with E-state index in [4.69, 9.17) is 4.74 Å². The van der Waals surface area contributed by atoms with E-state index in [1.165, 1.54) is 11.1 Å². The number of ether oxygens (including phenoxy) is 1. The fourth-order valence-electron chi connectivity index (χ4n) is 2.99. The second kappa shape index (κ2) is 6.20. The highest BCUT2D eigenvalue weighted by molar-refractivity contribution is 9.10. The van der Waals surface area contributed by atoms with Crippen LogP contribution in [0.1, 0.15) is 17.5 Å². The molecular weight excluding hydrogens is 326 g/mol. The summed E-state index contributed by atoms with van der Waals surface area (Å²) in [6, 6.07) is 16.7. The molecule has 1 aliphatic heterocycles. The molecule has 0 aromatic heterocycles. The molecule has 2 nitrogen and oxygen atoms in total. The average molecular weight is 346 g/mol. The molecule has 1 saturated heterocycles. The van der Waals surface area contributed by atoms with Crippen molar-refractivity contribution in [1.29, 1.82) is 0 Å². The number of benzene rings is 2. The third-order valence-electron chi connectivity index (χ3n) is 4.31. The van der Waals surface area contributed by atoms with Crippen molar-refractivity contribution < 1.29 is 4.74 Å². The summed E-state index contributed by atoms with van der Waals surface area (Å²) in [7, 11) is 0. The first-order valence-corrected chi connectivity index (χ1v) is 8.14. The molecule has 110 valence electrons. The van der Waals surface area contributed by atoms with Crippen LogP contribution in [0.2, 0.25) is 0 Å². The molecule has 0 unspecified atom stereocenters. The zero-order valence-electron chi connectivity index (χ0n) is 12.2. The third kappa shape index (κ3) is 3.14. The second-order valence-corrected chi connectivity index (χ2v) is 6.67. The SMILES string of the molecule is Cc1ccccc1C1(CCOc2ccc(Br)cc2)CNC1. The number of nitrogens with one attached hydrogen (secondary N) is 1. The van der Waals surface area contributed by atoms with Gasteiger partial charge in [0.15, 0.2) is 0 Å². The molecule has 1 heterocycles. The lowest BCUT2D eigenvalue weighted by atomic mass is 9.71. The zero-order valence-corrected chi connectivity index (χ0v) is 13.8. The van der Waals surface area contributed by atoms with Gasteiger partial charge in [-0.2, -0.15) is 0 Å². The molecule has 2 aromatic rings. The summed E-state index contributed by atoms with van der Waals surface area (Å²) < 4.78 is 6.98. The van der Waals surface area contributed by atoms with Crippen molar-refractivity contribution in [2.75, 3.05) is 19.7 Å². The minimum Gasteiger partial charge on any atom is -0.494 e. The molecule has 0 bridgehead atoms. The fourth-order valence-corrected chi connectivity index (χ4v) is 3.26. The van der Waals surface area contributed by atoms with Crippen LogP contribution in [-0.2, 0) is 5.41 Å². The Bertz CT molecular complexity index is 605. The van der Waals surface area contributed by atoms with Crippen molar-refractivity contribution in [3.63, 3.8) is 0 Å². The molecule has 0 radical (unpaired) electrons. The van der Waals surface area contributed by atoms with E-state index in [0.29, 0.717) is 0 Å². The highest BCUT2D eigenvalue weighted by Gasteiger charge is 2.39. The number of halogens is 1. The van der Waals surface area contributed by atoms with Crippen molar-refractivity contribution >= 4 is 15.9 Å². The first kappa shape index (κ1) is 14.6. The van der Waals surface area contributed by atoms with Crippen LogP contribution in [0.4, 0.5) is 0 Å². The van der Waals surface area contributed by atoms with Crippen LogP contribution in [0, 0.1) is 6.92 Å². The lowest BCUT2D eigenvalue weighted by Gasteiger charge is -2.44. The van der Waals surface area contributed by atoms with Gasteiger partial charge in [0.1, 0.15) is 5.75 Å². The molecule has 0 spiro atoms. The van der Waals surface area contributed by atoms with Gasteiger partial charge in [-0.15, -0.1) is 0 Å². The molecular formula is C18H20BrNO. The Morgan fingerprint density at radius 1 is 1.10 bits per heavy atom. The molecule has 3 heteroatoms. The Balaban J connectivity index is 1.65. The maximum absolute atomic E-state index is 5.91. The van der Waals surface area contributed by atoms with Crippen molar-refractivity contribution in [3.05, 3.63) is 64.1 Å². The second-order valence-electron chi connectivity index (χ2n) is 5.75. The van der Waals surface area contributed by atoms with Crippen molar-refractivity contribution in [3.8, 4) is 5.75 Å². The minimum absolute atomic E-state index is 0.237. The third-order valence-corrected chi connectivity index (χ3v) is 4.83. The van der Waals surface area contributed by atoms with Gasteiger partial charge in [0, 0.05) is 23.0 Å². The monoisotopic (exact) mass is 345 g/mol. The van der Waals surface area contributed by atoms with Gasteiger partial charge < -0.3 is 10.1 Å². The molecule has 0 atom stereocenters. The summed E-state index contributed by atoms with van der Waals surface area (Å²) in [6.07, 6.45) is 1.04. The Morgan fingerprint density at radius 3 is 2.43 bits per heavy atom. The molecule has 2 aromatic carbocycles. The van der Waals surface area contributed by atoms with Crippen molar-refractivity contribution in [2.24, 2.45) is 0 Å². The molecule has 1 fully saturated rings. The number of aryl methyl sites for hydroxylation is 1. The lowest BCUT2D eigenvalue weighted by Crippen LogP contribution is -2.57. The van der Waals surface area contributed by atoms with Gasteiger partial charge in [-0.3, -0.25) is 0 Å². The summed E-state index contributed by atoms with van der Waals surface area (Å²) in [5.41, 5.74) is 3.08. The first-order chi connectivity index (χ1) is 10.2. The summed E-state index contributed by atoms with van der Waals surface area (Å²) in [6.45, 7) is 5.03. The summed E-state index contributed by atoms with van der Waals surface area (Å²) >= 11 is 3.44. The molecule has 1 aliphatic rings. The topological polar surface area (TPSA) is 21.3 Å². The van der Waals surface area contributed by atoms with Crippen LogP contribution >= 0.6 is 15.9 Å². The summed E-state index contributed by atoms with van der Waals surface area (Å²) in [4.78, 5) is 0. The minimum atomic E-state index is 0.237. The van der Waals surface area contributed by atoms with Gasteiger partial charge in [0.25, 0.3) is 0 Å². The molecule has 3 rings (SSSR count). The molecule has 0 amide bonds. The molecule has 1 N–H and O–H groups in total. The van der Waals surface area contributed by atoms with Crippen molar-refractivity contribution in [2.45, 2.75) is 18.8 Å². The van der Waals surface area contributed by atoms with Gasteiger partial charge in [0.2, 0.25) is 0 Å². The van der Waals surface area contributed by atoms with Crippen LogP contribution in [0.5, 0.6) is 5.75 Å². The Morgan fingerprint density at radius 2 is 1.81 bits per heavy atom. The van der Waals surface area contributed by atoms with Gasteiger partial charge in [-0.05, 0) is 48.7 Å². The predicted octanol–water partition coefficient (Wildman–Crippen LogP) is 4.07. The van der Waals surface area contributed by atoms with Crippen LogP contribution in [-0.4, -0.2) is 19.7 Å². The van der Waals surface area contributed by atoms with Gasteiger partial charge >= 0.3 is 0 Å². The van der Waals surface area contributed by atoms with Crippen molar-refractivity contribution in [1.82, 2.24) is 5.32 Å². The van der Waals surface area contributed by atoms with E-state index >= 15 is 0 Å². The van der Waals surface area contributed by atoms with E-state index in [0.717, 1.165) is 36.3 Å². The standard InChI is InChI=1S/C18H20BrNO/c1-14-4-2-3-5-17(14)18(12-20-13-18)10-11-21-16-8-6-15(19)7-9-16/h2-9,20H,10-13H2,1H3. The predicted molar refractivity (Wildman–Crippen MR) is 90.0 cm³/mol. The van der Waals surface area contributed by atoms with E-state index in [-0.39, 0.29) is 5.41 Å². The van der Waals surface area contributed by atoms with Gasteiger partial charge in [-0.25, -0.2) is 0 Å².